The molecule has 2 aromatic rings. The largest absolute Gasteiger partial charge is 0.480 e. The van der Waals surface area contributed by atoms with Gasteiger partial charge in [-0.15, -0.1) is 0 Å². The summed E-state index contributed by atoms with van der Waals surface area (Å²) in [5.74, 6) is 0.379. The lowest BCUT2D eigenvalue weighted by molar-refractivity contribution is 0.0206. The van der Waals surface area contributed by atoms with Crippen LogP contribution < -0.4 is 10.1 Å². The lowest BCUT2D eigenvalue weighted by Gasteiger charge is -2.23. The zero-order valence-corrected chi connectivity index (χ0v) is 14.8. The fourth-order valence-electron chi connectivity index (χ4n) is 3.10. The van der Waals surface area contributed by atoms with Crippen LogP contribution in [-0.4, -0.2) is 41.7 Å². The van der Waals surface area contributed by atoms with Crippen molar-refractivity contribution in [3.05, 3.63) is 41.9 Å². The summed E-state index contributed by atoms with van der Waals surface area (Å²) in [5.41, 5.74) is 2.78. The summed E-state index contributed by atoms with van der Waals surface area (Å²) in [5, 5.41) is 2.98. The summed E-state index contributed by atoms with van der Waals surface area (Å²) in [4.78, 5) is 20.9. The van der Waals surface area contributed by atoms with Crippen LogP contribution in [0.2, 0.25) is 0 Å². The third-order valence-electron chi connectivity index (χ3n) is 4.53. The number of benzene rings is 1. The Morgan fingerprint density at radius 1 is 1.40 bits per heavy atom. The van der Waals surface area contributed by atoms with E-state index in [0.717, 1.165) is 36.3 Å². The van der Waals surface area contributed by atoms with E-state index in [4.69, 9.17) is 9.47 Å². The number of aryl methyl sites for hydroxylation is 1. The lowest BCUT2D eigenvalue weighted by Crippen LogP contribution is -2.40. The molecule has 1 aliphatic rings. The number of nitrogens with one attached hydrogen (secondary N) is 1. The van der Waals surface area contributed by atoms with E-state index in [9.17, 15) is 4.79 Å². The SMILES string of the molecule is COc1ncnc(C)c1-c1cccc(C(=O)NC[C@@]2(C)CCCO2)c1. The van der Waals surface area contributed by atoms with E-state index in [1.165, 1.54) is 6.33 Å². The number of nitrogens with zero attached hydrogens (tertiary/aromatic N) is 2. The van der Waals surface area contributed by atoms with Gasteiger partial charge in [0, 0.05) is 18.7 Å². The first-order valence-electron chi connectivity index (χ1n) is 8.40. The van der Waals surface area contributed by atoms with Crippen LogP contribution in [0.5, 0.6) is 5.88 Å². The Labute approximate surface area is 147 Å². The van der Waals surface area contributed by atoms with Crippen LogP contribution in [0.15, 0.2) is 30.6 Å². The van der Waals surface area contributed by atoms with E-state index < -0.39 is 0 Å². The van der Waals surface area contributed by atoms with Crippen molar-refractivity contribution >= 4 is 5.91 Å². The molecule has 1 N–H and O–H groups in total. The fourth-order valence-corrected chi connectivity index (χ4v) is 3.10. The van der Waals surface area contributed by atoms with Crippen molar-refractivity contribution in [3.63, 3.8) is 0 Å². The van der Waals surface area contributed by atoms with Crippen LogP contribution in [0, 0.1) is 6.92 Å². The topological polar surface area (TPSA) is 73.3 Å². The molecule has 0 unspecified atom stereocenters. The number of aromatic nitrogens is 2. The van der Waals surface area contributed by atoms with Crippen molar-refractivity contribution < 1.29 is 14.3 Å². The third kappa shape index (κ3) is 3.79. The molecule has 0 radical (unpaired) electrons. The highest BCUT2D eigenvalue weighted by molar-refractivity contribution is 5.95. The zero-order valence-electron chi connectivity index (χ0n) is 14.8. The third-order valence-corrected chi connectivity index (χ3v) is 4.53. The number of carbonyl (C=O) groups is 1. The van der Waals surface area contributed by atoms with E-state index >= 15 is 0 Å². The standard InChI is InChI=1S/C19H23N3O3/c1-13-16(18(24-3)22-12-21-13)14-6-4-7-15(10-14)17(23)20-11-19(2)8-5-9-25-19/h4,6-7,10,12H,5,8-9,11H2,1-3H3,(H,20,23)/t19-/m1/s1. The van der Waals surface area contributed by atoms with Crippen molar-refractivity contribution in [2.24, 2.45) is 0 Å². The average molecular weight is 341 g/mol. The summed E-state index contributed by atoms with van der Waals surface area (Å²) in [6, 6.07) is 7.40. The molecule has 132 valence electrons. The number of amides is 1. The molecule has 0 spiro atoms. The quantitative estimate of drug-likeness (QED) is 0.905. The molecule has 0 aliphatic carbocycles. The molecule has 1 amide bonds. The first kappa shape index (κ1) is 17.4. The van der Waals surface area contributed by atoms with Gasteiger partial charge in [0.15, 0.2) is 0 Å². The minimum absolute atomic E-state index is 0.118. The minimum Gasteiger partial charge on any atom is -0.480 e. The Bertz CT molecular complexity index is 770. The second-order valence-corrected chi connectivity index (χ2v) is 6.51. The summed E-state index contributed by atoms with van der Waals surface area (Å²) < 4.78 is 11.1. The van der Waals surface area contributed by atoms with Crippen LogP contribution in [0.1, 0.15) is 35.8 Å². The maximum atomic E-state index is 12.5. The van der Waals surface area contributed by atoms with Crippen LogP contribution >= 0.6 is 0 Å². The predicted octanol–water partition coefficient (Wildman–Crippen LogP) is 2.76. The van der Waals surface area contributed by atoms with Crippen molar-refractivity contribution in [2.75, 3.05) is 20.3 Å². The number of carbonyl (C=O) groups excluding carboxylic acids is 1. The minimum atomic E-state index is -0.264. The Kier molecular flexibility index (Phi) is 4.99. The number of methoxy groups -OCH3 is 1. The van der Waals surface area contributed by atoms with E-state index in [0.29, 0.717) is 18.0 Å². The highest BCUT2D eigenvalue weighted by atomic mass is 16.5. The summed E-state index contributed by atoms with van der Waals surface area (Å²) >= 11 is 0. The van der Waals surface area contributed by atoms with Crippen molar-refractivity contribution in [1.29, 1.82) is 0 Å². The molecule has 1 aliphatic heterocycles. The summed E-state index contributed by atoms with van der Waals surface area (Å²) in [6.07, 6.45) is 3.47. The monoisotopic (exact) mass is 341 g/mol. The van der Waals surface area contributed by atoms with E-state index in [1.54, 1.807) is 13.2 Å². The van der Waals surface area contributed by atoms with Crippen LogP contribution in [0.25, 0.3) is 11.1 Å². The highest BCUT2D eigenvalue weighted by Crippen LogP contribution is 2.30. The van der Waals surface area contributed by atoms with Crippen molar-refractivity contribution in [1.82, 2.24) is 15.3 Å². The number of hydrogen-bond donors (Lipinski definition) is 1. The smallest absolute Gasteiger partial charge is 0.251 e. The van der Waals surface area contributed by atoms with Gasteiger partial charge in [-0.3, -0.25) is 4.79 Å². The first-order chi connectivity index (χ1) is 12.0. The molecule has 1 saturated heterocycles. The maximum Gasteiger partial charge on any atom is 0.251 e. The summed E-state index contributed by atoms with van der Waals surface area (Å²) in [7, 11) is 1.57. The van der Waals surface area contributed by atoms with Crippen LogP contribution in [0.4, 0.5) is 0 Å². The molecule has 1 aromatic heterocycles. The van der Waals surface area contributed by atoms with E-state index in [-0.39, 0.29) is 11.5 Å². The van der Waals surface area contributed by atoms with E-state index in [1.807, 2.05) is 32.0 Å². The molecule has 0 bridgehead atoms. The molecule has 6 heteroatoms. The van der Waals surface area contributed by atoms with Gasteiger partial charge >= 0.3 is 0 Å². The van der Waals surface area contributed by atoms with Gasteiger partial charge in [-0.25, -0.2) is 9.97 Å². The molecule has 1 atom stereocenters. The van der Waals surface area contributed by atoms with Gasteiger partial charge in [0.25, 0.3) is 5.91 Å². The molecule has 3 rings (SSSR count). The molecule has 1 fully saturated rings. The maximum absolute atomic E-state index is 12.5. The highest BCUT2D eigenvalue weighted by Gasteiger charge is 2.30. The van der Waals surface area contributed by atoms with Gasteiger partial charge in [-0.2, -0.15) is 0 Å². The molecule has 1 aromatic carbocycles. The Morgan fingerprint density at radius 2 is 2.24 bits per heavy atom. The molecular weight excluding hydrogens is 318 g/mol. The summed E-state index contributed by atoms with van der Waals surface area (Å²) in [6.45, 7) is 5.19. The lowest BCUT2D eigenvalue weighted by atomic mass is 10.0. The van der Waals surface area contributed by atoms with Crippen molar-refractivity contribution in [3.8, 4) is 17.0 Å². The Morgan fingerprint density at radius 3 is 2.96 bits per heavy atom. The van der Waals surface area contributed by atoms with Gasteiger partial charge in [0.1, 0.15) is 6.33 Å². The fraction of sp³-hybridized carbons (Fsp3) is 0.421. The molecule has 25 heavy (non-hydrogen) atoms. The second kappa shape index (κ2) is 7.19. The first-order valence-corrected chi connectivity index (χ1v) is 8.40. The predicted molar refractivity (Wildman–Crippen MR) is 94.7 cm³/mol. The van der Waals surface area contributed by atoms with Gasteiger partial charge in [-0.05, 0) is 44.4 Å². The Balaban J connectivity index is 1.81. The molecule has 2 heterocycles. The number of hydrogen-bond acceptors (Lipinski definition) is 5. The normalized spacial score (nSPS) is 19.6. The molecular formula is C19H23N3O3. The Hall–Kier alpha value is -2.47. The van der Waals surface area contributed by atoms with Gasteiger partial charge in [0.05, 0.1) is 24.0 Å². The molecule has 0 saturated carbocycles. The number of rotatable bonds is 5. The van der Waals surface area contributed by atoms with Crippen molar-refractivity contribution in [2.45, 2.75) is 32.3 Å². The average Bonchev–Trinajstić information content (AvgIpc) is 3.06. The van der Waals surface area contributed by atoms with Gasteiger partial charge in [-0.1, -0.05) is 12.1 Å². The van der Waals surface area contributed by atoms with Crippen LogP contribution in [0.3, 0.4) is 0 Å². The second-order valence-electron chi connectivity index (χ2n) is 6.51. The number of ether oxygens (including phenoxy) is 2. The van der Waals surface area contributed by atoms with Gasteiger partial charge < -0.3 is 14.8 Å². The van der Waals surface area contributed by atoms with Gasteiger partial charge in [0.2, 0.25) is 5.88 Å². The van der Waals surface area contributed by atoms with E-state index in [2.05, 4.69) is 15.3 Å². The zero-order chi connectivity index (χ0) is 17.9. The molecule has 6 nitrogen and oxygen atoms in total. The van der Waals surface area contributed by atoms with Crippen LogP contribution in [-0.2, 0) is 4.74 Å².